The first kappa shape index (κ1) is 19.5. The van der Waals surface area contributed by atoms with Crippen molar-refractivity contribution in [2.45, 2.75) is 51.4 Å². The Morgan fingerprint density at radius 2 is 1.59 bits per heavy atom. The topological polar surface area (TPSA) is 26.3 Å². The zero-order valence-corrected chi connectivity index (χ0v) is 15.9. The minimum absolute atomic E-state index is 0.413. The van der Waals surface area contributed by atoms with Gasteiger partial charge < -0.3 is 4.74 Å². The predicted octanol–water partition coefficient (Wildman–Crippen LogP) is 6.49. The summed E-state index contributed by atoms with van der Waals surface area (Å²) < 4.78 is 32.8. The van der Waals surface area contributed by atoms with Crippen molar-refractivity contribution in [3.8, 4) is 11.1 Å². The molecule has 1 saturated carbocycles. The predicted molar refractivity (Wildman–Crippen MR) is 103 cm³/mol. The zero-order chi connectivity index (χ0) is 19.4. The number of hydrogen-bond acceptors (Lipinski definition) is 2. The Bertz CT molecular complexity index is 768. The van der Waals surface area contributed by atoms with Crippen LogP contribution in [0.3, 0.4) is 0 Å². The van der Waals surface area contributed by atoms with Crippen LogP contribution in [-0.4, -0.2) is 13.1 Å². The molecule has 0 N–H and O–H groups in total. The smallest absolute Gasteiger partial charge is 0.343 e. The van der Waals surface area contributed by atoms with Gasteiger partial charge in [-0.15, -0.1) is 0 Å². The van der Waals surface area contributed by atoms with Crippen molar-refractivity contribution in [3.05, 3.63) is 59.2 Å². The molecule has 2 aromatic rings. The van der Waals surface area contributed by atoms with Gasteiger partial charge in [0, 0.05) is 0 Å². The van der Waals surface area contributed by atoms with E-state index >= 15 is 0 Å². The third kappa shape index (κ3) is 4.37. The third-order valence-corrected chi connectivity index (χ3v) is 5.69. The number of benzene rings is 2. The lowest BCUT2D eigenvalue weighted by Gasteiger charge is -2.28. The Kier molecular flexibility index (Phi) is 6.25. The summed E-state index contributed by atoms with van der Waals surface area (Å²) >= 11 is 0. The number of halogens is 2. The average molecular weight is 372 g/mol. The molecule has 0 atom stereocenters. The van der Waals surface area contributed by atoms with Gasteiger partial charge in [-0.1, -0.05) is 44.0 Å². The number of hydrogen-bond donors (Lipinski definition) is 0. The first-order chi connectivity index (χ1) is 13.0. The van der Waals surface area contributed by atoms with Gasteiger partial charge in [0.1, 0.15) is 17.2 Å². The Morgan fingerprint density at radius 1 is 1.00 bits per heavy atom. The lowest BCUT2D eigenvalue weighted by molar-refractivity contribution is 0.0590. The highest BCUT2D eigenvalue weighted by Gasteiger charge is 2.22. The van der Waals surface area contributed by atoms with E-state index in [2.05, 4.69) is 23.8 Å². The average Bonchev–Trinajstić information content (AvgIpc) is 2.68. The summed E-state index contributed by atoms with van der Waals surface area (Å²) in [5.41, 5.74) is 1.78. The first-order valence-electron chi connectivity index (χ1n) is 9.71. The SMILES string of the molecule is CCCC1CCC(c2ccc(-c3cc(F)c(C(=O)OC)c(F)c3)cc2)CC1. The minimum atomic E-state index is -1.01. The van der Waals surface area contributed by atoms with Gasteiger partial charge in [-0.3, -0.25) is 0 Å². The van der Waals surface area contributed by atoms with Crippen LogP contribution in [0.25, 0.3) is 11.1 Å². The molecule has 0 aliphatic heterocycles. The molecule has 0 unspecified atom stereocenters. The summed E-state index contributed by atoms with van der Waals surface area (Å²) in [6.07, 6.45) is 7.57. The molecule has 0 spiro atoms. The maximum Gasteiger partial charge on any atom is 0.343 e. The largest absolute Gasteiger partial charge is 0.465 e. The van der Waals surface area contributed by atoms with Crippen LogP contribution < -0.4 is 0 Å². The van der Waals surface area contributed by atoms with Crippen molar-refractivity contribution in [1.29, 1.82) is 0 Å². The van der Waals surface area contributed by atoms with Crippen LogP contribution >= 0.6 is 0 Å². The van der Waals surface area contributed by atoms with Crippen LogP contribution in [0.15, 0.2) is 36.4 Å². The molecule has 0 heterocycles. The van der Waals surface area contributed by atoms with Crippen LogP contribution in [0.5, 0.6) is 0 Å². The van der Waals surface area contributed by atoms with Crippen LogP contribution in [0.4, 0.5) is 8.78 Å². The standard InChI is InChI=1S/C23H26F2O2/c1-3-4-15-5-7-16(8-6-15)17-9-11-18(12-10-17)19-13-20(24)22(21(25)14-19)23(26)27-2/h9-16H,3-8H2,1-2H3. The van der Waals surface area contributed by atoms with E-state index in [1.54, 1.807) is 0 Å². The highest BCUT2D eigenvalue weighted by molar-refractivity contribution is 5.90. The summed E-state index contributed by atoms with van der Waals surface area (Å²) in [5.74, 6) is -1.39. The van der Waals surface area contributed by atoms with Crippen LogP contribution in [0.1, 0.15) is 67.3 Å². The van der Waals surface area contributed by atoms with Crippen molar-refractivity contribution in [2.24, 2.45) is 5.92 Å². The van der Waals surface area contributed by atoms with E-state index in [1.165, 1.54) is 56.2 Å². The van der Waals surface area contributed by atoms with Crippen molar-refractivity contribution < 1.29 is 18.3 Å². The molecule has 0 amide bonds. The highest BCUT2D eigenvalue weighted by Crippen LogP contribution is 2.38. The summed E-state index contributed by atoms with van der Waals surface area (Å²) in [7, 11) is 1.10. The number of ether oxygens (including phenoxy) is 1. The number of carbonyl (C=O) groups excluding carboxylic acids is 1. The second kappa shape index (κ2) is 8.64. The summed E-state index contributed by atoms with van der Waals surface area (Å²) in [5, 5.41) is 0. The summed E-state index contributed by atoms with van der Waals surface area (Å²) in [6.45, 7) is 2.24. The van der Waals surface area contributed by atoms with E-state index in [-0.39, 0.29) is 0 Å². The van der Waals surface area contributed by atoms with Crippen molar-refractivity contribution >= 4 is 5.97 Å². The van der Waals surface area contributed by atoms with Gasteiger partial charge >= 0.3 is 5.97 Å². The number of methoxy groups -OCH3 is 1. The lowest BCUT2D eigenvalue weighted by Crippen LogP contribution is -2.13. The second-order valence-electron chi connectivity index (χ2n) is 7.43. The van der Waals surface area contributed by atoms with E-state index in [0.29, 0.717) is 11.5 Å². The second-order valence-corrected chi connectivity index (χ2v) is 7.43. The molecule has 0 radical (unpaired) electrons. The maximum atomic E-state index is 14.2. The Balaban J connectivity index is 1.75. The van der Waals surface area contributed by atoms with E-state index in [4.69, 9.17) is 0 Å². The van der Waals surface area contributed by atoms with E-state index < -0.39 is 23.2 Å². The molecule has 0 aromatic heterocycles. The lowest BCUT2D eigenvalue weighted by atomic mass is 9.77. The molecule has 27 heavy (non-hydrogen) atoms. The fourth-order valence-corrected chi connectivity index (χ4v) is 4.18. The van der Waals surface area contributed by atoms with Gasteiger partial charge in [0.25, 0.3) is 0 Å². The zero-order valence-electron chi connectivity index (χ0n) is 15.9. The first-order valence-corrected chi connectivity index (χ1v) is 9.71. The van der Waals surface area contributed by atoms with Gasteiger partial charge in [-0.25, -0.2) is 13.6 Å². The van der Waals surface area contributed by atoms with Gasteiger partial charge in [0.2, 0.25) is 0 Å². The molecule has 0 bridgehead atoms. The molecule has 1 aliphatic carbocycles. The summed E-state index contributed by atoms with van der Waals surface area (Å²) in [6, 6.07) is 10.3. The van der Waals surface area contributed by atoms with Gasteiger partial charge in [-0.2, -0.15) is 0 Å². The molecule has 2 nitrogen and oxygen atoms in total. The Labute approximate surface area is 159 Å². The monoisotopic (exact) mass is 372 g/mol. The molecule has 0 saturated heterocycles. The Hall–Kier alpha value is -2.23. The normalized spacial score (nSPS) is 19.7. The Morgan fingerprint density at radius 3 is 2.11 bits per heavy atom. The molecule has 1 fully saturated rings. The van der Waals surface area contributed by atoms with Crippen molar-refractivity contribution in [1.82, 2.24) is 0 Å². The van der Waals surface area contributed by atoms with E-state index in [9.17, 15) is 13.6 Å². The quantitative estimate of drug-likeness (QED) is 0.561. The van der Waals surface area contributed by atoms with Gasteiger partial charge in [0.15, 0.2) is 0 Å². The molecule has 4 heteroatoms. The van der Waals surface area contributed by atoms with Crippen LogP contribution in [-0.2, 0) is 4.74 Å². The minimum Gasteiger partial charge on any atom is -0.465 e. The van der Waals surface area contributed by atoms with Crippen LogP contribution in [0, 0.1) is 17.6 Å². The third-order valence-electron chi connectivity index (χ3n) is 5.69. The molecule has 3 rings (SSSR count). The number of rotatable bonds is 5. The molecule has 2 aromatic carbocycles. The maximum absolute atomic E-state index is 14.2. The highest BCUT2D eigenvalue weighted by atomic mass is 19.1. The molecule has 144 valence electrons. The van der Waals surface area contributed by atoms with Gasteiger partial charge in [-0.05, 0) is 66.3 Å². The molecular weight excluding hydrogens is 346 g/mol. The number of esters is 1. The van der Waals surface area contributed by atoms with Crippen LogP contribution in [0.2, 0.25) is 0 Å². The fourth-order valence-electron chi connectivity index (χ4n) is 4.18. The fraction of sp³-hybridized carbons (Fsp3) is 0.435. The van der Waals surface area contributed by atoms with Crippen molar-refractivity contribution in [3.63, 3.8) is 0 Å². The molecule has 1 aliphatic rings. The van der Waals surface area contributed by atoms with E-state index in [1.807, 2.05) is 12.1 Å². The van der Waals surface area contributed by atoms with E-state index in [0.717, 1.165) is 18.6 Å². The van der Waals surface area contributed by atoms with Crippen molar-refractivity contribution in [2.75, 3.05) is 7.11 Å². The summed E-state index contributed by atoms with van der Waals surface area (Å²) in [4.78, 5) is 11.5. The molecular formula is C23H26F2O2. The number of carbonyl (C=O) groups is 1. The van der Waals surface area contributed by atoms with Gasteiger partial charge in [0.05, 0.1) is 7.11 Å².